The van der Waals surface area contributed by atoms with E-state index in [-0.39, 0.29) is 24.2 Å². The Kier molecular flexibility index (Phi) is 5.50. The number of carbonyl (C=O) groups excluding carboxylic acids is 1. The quantitative estimate of drug-likeness (QED) is 0.855. The normalized spacial score (nSPS) is 12.2. The van der Waals surface area contributed by atoms with Crippen LogP contribution in [-0.2, 0) is 11.2 Å². The van der Waals surface area contributed by atoms with Crippen molar-refractivity contribution in [2.24, 2.45) is 0 Å². The third-order valence-corrected chi connectivity index (χ3v) is 3.95. The summed E-state index contributed by atoms with van der Waals surface area (Å²) in [4.78, 5) is 12.1. The molecule has 1 unspecified atom stereocenters. The van der Waals surface area contributed by atoms with E-state index in [1.807, 2.05) is 27.8 Å². The highest BCUT2D eigenvalue weighted by Crippen LogP contribution is 2.18. The fraction of sp³-hybridized carbons (Fsp3) is 0.412. The maximum Gasteiger partial charge on any atom is 0.224 e. The first-order chi connectivity index (χ1) is 10.9. The number of amides is 1. The first-order valence-electron chi connectivity index (χ1n) is 7.67. The predicted octanol–water partition coefficient (Wildman–Crippen LogP) is 1.89. The Morgan fingerprint density at radius 2 is 1.96 bits per heavy atom. The molecule has 0 saturated carbocycles. The van der Waals surface area contributed by atoms with Crippen LogP contribution in [0.15, 0.2) is 24.3 Å². The molecule has 1 atom stereocenters. The van der Waals surface area contributed by atoms with Crippen LogP contribution >= 0.6 is 0 Å². The van der Waals surface area contributed by atoms with Crippen LogP contribution in [0, 0.1) is 19.7 Å². The van der Waals surface area contributed by atoms with Gasteiger partial charge in [0.05, 0.1) is 17.8 Å². The molecule has 1 aromatic carbocycles. The average Bonchev–Trinajstić information content (AvgIpc) is 2.81. The number of carbonyl (C=O) groups is 1. The van der Waals surface area contributed by atoms with E-state index >= 15 is 0 Å². The molecule has 0 aliphatic heterocycles. The molecule has 23 heavy (non-hydrogen) atoms. The van der Waals surface area contributed by atoms with Gasteiger partial charge in [-0.25, -0.2) is 9.07 Å². The van der Waals surface area contributed by atoms with Gasteiger partial charge in [-0.1, -0.05) is 0 Å². The van der Waals surface area contributed by atoms with Crippen molar-refractivity contribution in [3.05, 3.63) is 47.0 Å². The molecule has 2 N–H and O–H groups in total. The lowest BCUT2D eigenvalue weighted by Gasteiger charge is -2.11. The SMILES string of the molecule is CNC(C)CNC(=O)Cc1c(C)nn(-c2ccc(F)cc2)c1C. The summed E-state index contributed by atoms with van der Waals surface area (Å²) >= 11 is 0. The number of nitrogens with one attached hydrogen (secondary N) is 2. The second kappa shape index (κ2) is 7.37. The number of aryl methyl sites for hydroxylation is 1. The molecule has 0 bridgehead atoms. The Morgan fingerprint density at radius 1 is 1.30 bits per heavy atom. The van der Waals surface area contributed by atoms with Crippen LogP contribution in [-0.4, -0.2) is 35.3 Å². The van der Waals surface area contributed by atoms with E-state index in [1.54, 1.807) is 16.8 Å². The molecule has 0 fully saturated rings. The van der Waals surface area contributed by atoms with Gasteiger partial charge in [0.1, 0.15) is 5.82 Å². The molecule has 2 rings (SSSR count). The number of hydrogen-bond acceptors (Lipinski definition) is 3. The lowest BCUT2D eigenvalue weighted by molar-refractivity contribution is -0.120. The summed E-state index contributed by atoms with van der Waals surface area (Å²) in [7, 11) is 1.86. The van der Waals surface area contributed by atoms with Gasteiger partial charge in [0.25, 0.3) is 0 Å². The lowest BCUT2D eigenvalue weighted by atomic mass is 10.1. The van der Waals surface area contributed by atoms with Gasteiger partial charge in [0.15, 0.2) is 0 Å². The largest absolute Gasteiger partial charge is 0.354 e. The van der Waals surface area contributed by atoms with Crippen molar-refractivity contribution >= 4 is 5.91 Å². The zero-order valence-corrected chi connectivity index (χ0v) is 14.0. The predicted molar refractivity (Wildman–Crippen MR) is 88.2 cm³/mol. The van der Waals surface area contributed by atoms with E-state index in [1.165, 1.54) is 12.1 Å². The van der Waals surface area contributed by atoms with Crippen molar-refractivity contribution < 1.29 is 9.18 Å². The van der Waals surface area contributed by atoms with Crippen LogP contribution in [0.25, 0.3) is 5.69 Å². The molecule has 1 aromatic heterocycles. The van der Waals surface area contributed by atoms with Crippen molar-refractivity contribution in [1.29, 1.82) is 0 Å². The highest BCUT2D eigenvalue weighted by Gasteiger charge is 2.16. The van der Waals surface area contributed by atoms with Crippen LogP contribution in [0.1, 0.15) is 23.9 Å². The lowest BCUT2D eigenvalue weighted by Crippen LogP contribution is -2.37. The molecule has 5 nitrogen and oxygen atoms in total. The minimum atomic E-state index is -0.284. The van der Waals surface area contributed by atoms with E-state index < -0.39 is 0 Å². The number of hydrogen-bond donors (Lipinski definition) is 2. The van der Waals surface area contributed by atoms with Crippen molar-refractivity contribution in [3.63, 3.8) is 0 Å². The molecule has 0 saturated heterocycles. The highest BCUT2D eigenvalue weighted by molar-refractivity contribution is 5.79. The first-order valence-corrected chi connectivity index (χ1v) is 7.67. The third kappa shape index (κ3) is 4.16. The number of halogens is 1. The van der Waals surface area contributed by atoms with Crippen LogP contribution in [0.2, 0.25) is 0 Å². The van der Waals surface area contributed by atoms with Gasteiger partial charge in [-0.3, -0.25) is 4.79 Å². The molecular weight excluding hydrogens is 295 g/mol. The molecular formula is C17H23FN4O. The van der Waals surface area contributed by atoms with Gasteiger partial charge in [-0.2, -0.15) is 5.10 Å². The summed E-state index contributed by atoms with van der Waals surface area (Å²) < 4.78 is 14.8. The monoisotopic (exact) mass is 318 g/mol. The van der Waals surface area contributed by atoms with Crippen molar-refractivity contribution in [2.45, 2.75) is 33.2 Å². The van der Waals surface area contributed by atoms with E-state index in [0.717, 1.165) is 22.6 Å². The fourth-order valence-electron chi connectivity index (χ4n) is 2.36. The standard InChI is InChI=1S/C17H23FN4O/c1-11(19-4)10-20-17(23)9-16-12(2)21-22(13(16)3)15-7-5-14(18)6-8-15/h5-8,11,19H,9-10H2,1-4H3,(H,20,23). The molecule has 0 aliphatic rings. The maximum atomic E-state index is 13.1. The summed E-state index contributed by atoms with van der Waals surface area (Å²) in [6.07, 6.45) is 0.287. The molecule has 0 aliphatic carbocycles. The van der Waals surface area contributed by atoms with Gasteiger partial charge in [-0.05, 0) is 52.1 Å². The summed E-state index contributed by atoms with van der Waals surface area (Å²) in [5.41, 5.74) is 3.39. The summed E-state index contributed by atoms with van der Waals surface area (Å²) in [6, 6.07) is 6.37. The van der Waals surface area contributed by atoms with Crippen molar-refractivity contribution in [2.75, 3.05) is 13.6 Å². The van der Waals surface area contributed by atoms with Gasteiger partial charge in [0, 0.05) is 23.8 Å². The Morgan fingerprint density at radius 3 is 2.57 bits per heavy atom. The Hall–Kier alpha value is -2.21. The van der Waals surface area contributed by atoms with Crippen LogP contribution < -0.4 is 10.6 Å². The molecule has 2 aromatic rings. The molecule has 0 spiro atoms. The number of benzene rings is 1. The van der Waals surface area contributed by atoms with Crippen molar-refractivity contribution in [1.82, 2.24) is 20.4 Å². The fourth-order valence-corrected chi connectivity index (χ4v) is 2.36. The molecule has 124 valence electrons. The molecule has 1 heterocycles. The molecule has 0 radical (unpaired) electrons. The number of nitrogens with zero attached hydrogens (tertiary/aromatic N) is 2. The van der Waals surface area contributed by atoms with E-state index in [2.05, 4.69) is 15.7 Å². The number of aromatic nitrogens is 2. The zero-order valence-electron chi connectivity index (χ0n) is 14.0. The van der Waals surface area contributed by atoms with Crippen molar-refractivity contribution in [3.8, 4) is 5.69 Å². The minimum Gasteiger partial charge on any atom is -0.354 e. The Bertz CT molecular complexity index is 679. The average molecular weight is 318 g/mol. The third-order valence-electron chi connectivity index (χ3n) is 3.95. The maximum absolute atomic E-state index is 13.1. The van der Waals surface area contributed by atoms with E-state index in [0.29, 0.717) is 6.54 Å². The molecule has 1 amide bonds. The first kappa shape index (κ1) is 17.1. The van der Waals surface area contributed by atoms with Crippen LogP contribution in [0.4, 0.5) is 4.39 Å². The Labute approximate surface area is 135 Å². The van der Waals surface area contributed by atoms with Gasteiger partial charge in [0.2, 0.25) is 5.91 Å². The second-order valence-corrected chi connectivity index (χ2v) is 5.71. The van der Waals surface area contributed by atoms with Crippen LogP contribution in [0.3, 0.4) is 0 Å². The second-order valence-electron chi connectivity index (χ2n) is 5.71. The van der Waals surface area contributed by atoms with Crippen LogP contribution in [0.5, 0.6) is 0 Å². The van der Waals surface area contributed by atoms with Gasteiger partial charge < -0.3 is 10.6 Å². The van der Waals surface area contributed by atoms with Gasteiger partial charge in [-0.15, -0.1) is 0 Å². The number of rotatable bonds is 6. The zero-order chi connectivity index (χ0) is 17.0. The smallest absolute Gasteiger partial charge is 0.224 e. The summed E-state index contributed by atoms with van der Waals surface area (Å²) in [5.74, 6) is -0.314. The number of likely N-dealkylation sites (N-methyl/N-ethyl adjacent to an activating group) is 1. The van der Waals surface area contributed by atoms with Gasteiger partial charge >= 0.3 is 0 Å². The summed E-state index contributed by atoms with van der Waals surface area (Å²) in [6.45, 7) is 6.39. The summed E-state index contributed by atoms with van der Waals surface area (Å²) in [5, 5.41) is 10.5. The highest BCUT2D eigenvalue weighted by atomic mass is 19.1. The molecule has 6 heteroatoms. The van der Waals surface area contributed by atoms with E-state index in [4.69, 9.17) is 0 Å². The van der Waals surface area contributed by atoms with E-state index in [9.17, 15) is 9.18 Å². The topological polar surface area (TPSA) is 58.9 Å². The minimum absolute atomic E-state index is 0.0306. The Balaban J connectivity index is 2.14.